The van der Waals surface area contributed by atoms with Crippen LogP contribution in [0, 0.1) is 5.82 Å². The van der Waals surface area contributed by atoms with Gasteiger partial charge in [-0.15, -0.1) is 0 Å². The van der Waals surface area contributed by atoms with Crippen LogP contribution in [0.2, 0.25) is 0 Å². The molecule has 3 nitrogen and oxygen atoms in total. The molecule has 17 heavy (non-hydrogen) atoms. The Morgan fingerprint density at radius 2 is 1.88 bits per heavy atom. The molecular weight excluding hydrogens is 250 g/mol. The Hall–Kier alpha value is -1.17. The Bertz CT molecular complexity index is 504. The second kappa shape index (κ2) is 4.60. The molecule has 0 amide bonds. The van der Waals surface area contributed by atoms with Gasteiger partial charge in [0.1, 0.15) is 0 Å². The molecular formula is C11H14F2O3S. The van der Waals surface area contributed by atoms with Crippen LogP contribution in [0.25, 0.3) is 0 Å². The van der Waals surface area contributed by atoms with Gasteiger partial charge in [0, 0.05) is 0 Å². The van der Waals surface area contributed by atoms with E-state index in [0.29, 0.717) is 5.56 Å². The van der Waals surface area contributed by atoms with E-state index in [1.54, 1.807) is 6.07 Å². The minimum absolute atomic E-state index is 0.266. The molecule has 0 unspecified atom stereocenters. The molecule has 0 fully saturated rings. The van der Waals surface area contributed by atoms with Crippen molar-refractivity contribution < 1.29 is 21.4 Å². The van der Waals surface area contributed by atoms with E-state index >= 15 is 0 Å². The van der Waals surface area contributed by atoms with Gasteiger partial charge >= 0.3 is 10.1 Å². The first kappa shape index (κ1) is 13.9. The smallest absolute Gasteiger partial charge is 0.339 e. The molecule has 0 saturated carbocycles. The van der Waals surface area contributed by atoms with Crippen molar-refractivity contribution in [3.63, 3.8) is 0 Å². The van der Waals surface area contributed by atoms with E-state index in [0.717, 1.165) is 0 Å². The summed E-state index contributed by atoms with van der Waals surface area (Å²) >= 11 is 0. The molecule has 0 N–H and O–H groups in total. The molecule has 0 bridgehead atoms. The largest absolute Gasteiger partial charge is 0.377 e. The molecule has 0 radical (unpaired) electrons. The standard InChI is InChI=1S/C11H14F2O3S/c1-11(2,3)8-4-5-10(9(13)6-8)16-17(14,15)7-12/h4-6H,7H2,1-3H3. The van der Waals surface area contributed by atoms with Crippen molar-refractivity contribution in [3.05, 3.63) is 29.6 Å². The van der Waals surface area contributed by atoms with Crippen LogP contribution in [-0.2, 0) is 15.5 Å². The summed E-state index contributed by atoms with van der Waals surface area (Å²) in [5, 5.41) is 0. The maximum atomic E-state index is 13.5. The Morgan fingerprint density at radius 1 is 1.29 bits per heavy atom. The van der Waals surface area contributed by atoms with Crippen molar-refractivity contribution >= 4 is 10.1 Å². The third kappa shape index (κ3) is 3.66. The molecule has 1 rings (SSSR count). The first-order valence-corrected chi connectivity index (χ1v) is 6.51. The zero-order valence-corrected chi connectivity index (χ0v) is 10.6. The first-order chi connectivity index (χ1) is 7.65. The van der Waals surface area contributed by atoms with Crippen LogP contribution in [0.5, 0.6) is 5.75 Å². The number of alkyl halides is 1. The van der Waals surface area contributed by atoms with Gasteiger partial charge in [-0.25, -0.2) is 8.78 Å². The van der Waals surface area contributed by atoms with Gasteiger partial charge < -0.3 is 4.18 Å². The lowest BCUT2D eigenvalue weighted by Crippen LogP contribution is -2.14. The van der Waals surface area contributed by atoms with Gasteiger partial charge in [-0.2, -0.15) is 8.42 Å². The SMILES string of the molecule is CC(C)(C)c1ccc(OS(=O)(=O)CF)c(F)c1. The molecule has 0 heterocycles. The zero-order chi connectivity index (χ0) is 13.3. The summed E-state index contributed by atoms with van der Waals surface area (Å²) in [6.45, 7) is 5.67. The fourth-order valence-electron chi connectivity index (χ4n) is 1.19. The molecule has 0 atom stereocenters. The summed E-state index contributed by atoms with van der Waals surface area (Å²) in [6.07, 6.45) is 0. The van der Waals surface area contributed by atoms with Gasteiger partial charge in [0.2, 0.25) is 6.01 Å². The molecule has 96 valence electrons. The van der Waals surface area contributed by atoms with Crippen molar-refractivity contribution in [2.24, 2.45) is 0 Å². The Balaban J connectivity index is 3.07. The molecule has 6 heteroatoms. The average molecular weight is 264 g/mol. The topological polar surface area (TPSA) is 43.4 Å². The van der Waals surface area contributed by atoms with Crippen LogP contribution in [0.1, 0.15) is 26.3 Å². The van der Waals surface area contributed by atoms with Crippen LogP contribution >= 0.6 is 0 Å². The number of hydrogen-bond donors (Lipinski definition) is 0. The highest BCUT2D eigenvalue weighted by Crippen LogP contribution is 2.27. The maximum absolute atomic E-state index is 13.5. The quantitative estimate of drug-likeness (QED) is 0.788. The van der Waals surface area contributed by atoms with Crippen LogP contribution in [-0.4, -0.2) is 14.4 Å². The zero-order valence-electron chi connectivity index (χ0n) is 9.83. The summed E-state index contributed by atoms with van der Waals surface area (Å²) in [6, 6.07) is 2.23. The Kier molecular flexibility index (Phi) is 3.76. The lowest BCUT2D eigenvalue weighted by molar-refractivity contribution is 0.434. The van der Waals surface area contributed by atoms with Crippen molar-refractivity contribution in [2.45, 2.75) is 26.2 Å². The summed E-state index contributed by atoms with van der Waals surface area (Å²) in [5.41, 5.74) is 0.429. The molecule has 0 aromatic heterocycles. The minimum atomic E-state index is -4.35. The molecule has 0 aliphatic heterocycles. The monoisotopic (exact) mass is 264 g/mol. The van der Waals surface area contributed by atoms with E-state index in [9.17, 15) is 17.2 Å². The van der Waals surface area contributed by atoms with E-state index < -0.39 is 27.7 Å². The first-order valence-electron chi connectivity index (χ1n) is 4.94. The van der Waals surface area contributed by atoms with E-state index in [4.69, 9.17) is 0 Å². The molecule has 0 aliphatic rings. The van der Waals surface area contributed by atoms with Crippen LogP contribution < -0.4 is 4.18 Å². The molecule has 1 aromatic rings. The van der Waals surface area contributed by atoms with Gasteiger partial charge in [0.05, 0.1) is 0 Å². The summed E-state index contributed by atoms with van der Waals surface area (Å²) in [7, 11) is -4.35. The van der Waals surface area contributed by atoms with Gasteiger partial charge in [-0.05, 0) is 23.1 Å². The van der Waals surface area contributed by atoms with Crippen LogP contribution in [0.4, 0.5) is 8.78 Å². The lowest BCUT2D eigenvalue weighted by atomic mass is 9.87. The van der Waals surface area contributed by atoms with Gasteiger partial charge in [-0.3, -0.25) is 0 Å². The van der Waals surface area contributed by atoms with Crippen LogP contribution in [0.15, 0.2) is 18.2 Å². The highest BCUT2D eigenvalue weighted by atomic mass is 32.2. The van der Waals surface area contributed by atoms with Gasteiger partial charge in [0.15, 0.2) is 11.6 Å². The molecule has 0 aliphatic carbocycles. The fraction of sp³-hybridized carbons (Fsp3) is 0.455. The van der Waals surface area contributed by atoms with E-state index in [2.05, 4.69) is 4.18 Å². The average Bonchev–Trinajstić information content (AvgIpc) is 2.19. The number of halogens is 2. The predicted octanol–water partition coefficient (Wildman–Crippen LogP) is 2.76. The van der Waals surface area contributed by atoms with Crippen molar-refractivity contribution in [3.8, 4) is 5.75 Å². The predicted molar refractivity (Wildman–Crippen MR) is 60.6 cm³/mol. The summed E-state index contributed by atoms with van der Waals surface area (Å²) < 4.78 is 51.5. The lowest BCUT2D eigenvalue weighted by Gasteiger charge is -2.19. The molecule has 0 spiro atoms. The third-order valence-corrected chi connectivity index (χ3v) is 2.85. The second-order valence-electron chi connectivity index (χ2n) is 4.65. The highest BCUT2D eigenvalue weighted by molar-refractivity contribution is 7.86. The highest BCUT2D eigenvalue weighted by Gasteiger charge is 2.19. The van der Waals surface area contributed by atoms with E-state index in [-0.39, 0.29) is 5.41 Å². The summed E-state index contributed by atoms with van der Waals surface area (Å²) in [5.74, 6) is -1.31. The van der Waals surface area contributed by atoms with Crippen LogP contribution in [0.3, 0.4) is 0 Å². The molecule has 1 aromatic carbocycles. The van der Waals surface area contributed by atoms with Crippen molar-refractivity contribution in [1.29, 1.82) is 0 Å². The number of hydrogen-bond acceptors (Lipinski definition) is 3. The third-order valence-electron chi connectivity index (χ3n) is 2.15. The Labute approximate surface area is 99.5 Å². The minimum Gasteiger partial charge on any atom is -0.377 e. The van der Waals surface area contributed by atoms with Gasteiger partial charge in [0.25, 0.3) is 0 Å². The Morgan fingerprint density at radius 3 is 2.29 bits per heavy atom. The van der Waals surface area contributed by atoms with E-state index in [1.807, 2.05) is 20.8 Å². The van der Waals surface area contributed by atoms with E-state index in [1.165, 1.54) is 12.1 Å². The molecule has 0 saturated heterocycles. The normalized spacial score (nSPS) is 12.5. The number of benzene rings is 1. The maximum Gasteiger partial charge on any atom is 0.339 e. The summed E-state index contributed by atoms with van der Waals surface area (Å²) in [4.78, 5) is 0. The number of rotatable bonds is 3. The van der Waals surface area contributed by atoms with Crippen molar-refractivity contribution in [1.82, 2.24) is 0 Å². The van der Waals surface area contributed by atoms with Gasteiger partial charge in [-0.1, -0.05) is 26.8 Å². The van der Waals surface area contributed by atoms with Crippen molar-refractivity contribution in [2.75, 3.05) is 6.01 Å². The second-order valence-corrected chi connectivity index (χ2v) is 6.15. The fourth-order valence-corrected chi connectivity index (χ4v) is 1.65.